The Morgan fingerprint density at radius 1 is 1.43 bits per heavy atom. The number of aliphatic hydroxyl groups is 1. The van der Waals surface area contributed by atoms with E-state index in [4.69, 9.17) is 10.8 Å². The topological polar surface area (TPSA) is 72.0 Å². The van der Waals surface area contributed by atoms with Gasteiger partial charge in [0.05, 0.1) is 6.61 Å². The van der Waals surface area contributed by atoms with Gasteiger partial charge in [0, 0.05) is 5.92 Å². The molecule has 6 heteroatoms. The van der Waals surface area contributed by atoms with E-state index in [1.807, 2.05) is 0 Å². The summed E-state index contributed by atoms with van der Waals surface area (Å²) in [7, 11) is 0. The summed E-state index contributed by atoms with van der Waals surface area (Å²) >= 11 is 1.52. The van der Waals surface area contributed by atoms with Crippen LogP contribution < -0.4 is 5.73 Å². The minimum atomic E-state index is 0. The zero-order valence-corrected chi connectivity index (χ0v) is 9.35. The average Bonchev–Trinajstić information content (AvgIpc) is 2.51. The third-order valence-electron chi connectivity index (χ3n) is 2.54. The van der Waals surface area contributed by atoms with Crippen LogP contribution >= 0.6 is 23.7 Å². The number of aromatic nitrogens is 2. The van der Waals surface area contributed by atoms with Crippen LogP contribution in [0.5, 0.6) is 0 Å². The van der Waals surface area contributed by atoms with E-state index in [-0.39, 0.29) is 19.0 Å². The van der Waals surface area contributed by atoms with Crippen LogP contribution in [0.2, 0.25) is 0 Å². The van der Waals surface area contributed by atoms with Crippen molar-refractivity contribution in [3.05, 3.63) is 10.0 Å². The minimum absolute atomic E-state index is 0. The van der Waals surface area contributed by atoms with Gasteiger partial charge in [0.1, 0.15) is 10.0 Å². The summed E-state index contributed by atoms with van der Waals surface area (Å²) in [5, 5.41) is 18.5. The molecule has 0 saturated heterocycles. The van der Waals surface area contributed by atoms with E-state index in [9.17, 15) is 0 Å². The standard InChI is InChI=1S/C8H13N3OS.ClH/c9-3-5-1-6(2-5)8-11-10-7(4-12)13-8;/h5-6,12H,1-4,9H2;1H. The average molecular weight is 236 g/mol. The molecule has 0 spiro atoms. The largest absolute Gasteiger partial charge is 0.389 e. The number of halogens is 1. The molecule has 3 N–H and O–H groups in total. The fourth-order valence-corrected chi connectivity index (χ4v) is 2.45. The second-order valence-corrected chi connectivity index (χ2v) is 4.56. The van der Waals surface area contributed by atoms with Gasteiger partial charge in [-0.15, -0.1) is 22.6 Å². The summed E-state index contributed by atoms with van der Waals surface area (Å²) in [5.74, 6) is 1.22. The van der Waals surface area contributed by atoms with Crippen molar-refractivity contribution in [1.29, 1.82) is 0 Å². The van der Waals surface area contributed by atoms with Crippen LogP contribution in [-0.4, -0.2) is 21.8 Å². The van der Waals surface area contributed by atoms with Crippen molar-refractivity contribution in [3.63, 3.8) is 0 Å². The summed E-state index contributed by atoms with van der Waals surface area (Å²) in [6, 6.07) is 0. The SMILES string of the molecule is Cl.NCC1CC(c2nnc(CO)s2)C1. The molecule has 1 saturated carbocycles. The van der Waals surface area contributed by atoms with Gasteiger partial charge in [-0.1, -0.05) is 11.3 Å². The lowest BCUT2D eigenvalue weighted by Gasteiger charge is -2.32. The first kappa shape index (κ1) is 11.8. The highest BCUT2D eigenvalue weighted by Gasteiger charge is 2.31. The van der Waals surface area contributed by atoms with E-state index in [0.717, 1.165) is 24.4 Å². The van der Waals surface area contributed by atoms with Gasteiger partial charge < -0.3 is 10.8 Å². The first-order valence-corrected chi connectivity index (χ1v) is 5.28. The first-order chi connectivity index (χ1) is 6.33. The molecular formula is C8H14ClN3OS. The first-order valence-electron chi connectivity index (χ1n) is 4.46. The molecule has 2 rings (SSSR count). The second kappa shape index (κ2) is 5.02. The van der Waals surface area contributed by atoms with E-state index < -0.39 is 0 Å². The maximum atomic E-state index is 8.81. The number of nitrogens with two attached hydrogens (primary N) is 1. The van der Waals surface area contributed by atoms with E-state index in [2.05, 4.69) is 10.2 Å². The van der Waals surface area contributed by atoms with E-state index >= 15 is 0 Å². The van der Waals surface area contributed by atoms with Gasteiger partial charge in [0.25, 0.3) is 0 Å². The molecule has 0 aliphatic heterocycles. The number of hydrogen-bond acceptors (Lipinski definition) is 5. The third kappa shape index (κ3) is 2.23. The Bertz CT molecular complexity index is 288. The molecule has 1 aliphatic rings. The Hall–Kier alpha value is -0.230. The van der Waals surface area contributed by atoms with Crippen molar-refractivity contribution in [3.8, 4) is 0 Å². The number of rotatable bonds is 3. The van der Waals surface area contributed by atoms with Crippen LogP contribution in [0.25, 0.3) is 0 Å². The molecule has 1 heterocycles. The summed E-state index contributed by atoms with van der Waals surface area (Å²) in [6.45, 7) is 0.785. The maximum absolute atomic E-state index is 8.81. The Morgan fingerprint density at radius 3 is 2.64 bits per heavy atom. The zero-order valence-electron chi connectivity index (χ0n) is 7.72. The van der Waals surface area contributed by atoms with Crippen LogP contribution in [0.4, 0.5) is 0 Å². The second-order valence-electron chi connectivity index (χ2n) is 3.46. The molecule has 0 atom stereocenters. The third-order valence-corrected chi connectivity index (χ3v) is 3.61. The van der Waals surface area contributed by atoms with Crippen LogP contribution in [0.3, 0.4) is 0 Å². The van der Waals surface area contributed by atoms with Gasteiger partial charge in [-0.2, -0.15) is 0 Å². The summed E-state index contributed by atoms with van der Waals surface area (Å²) in [4.78, 5) is 0. The molecule has 1 aromatic heterocycles. The minimum Gasteiger partial charge on any atom is -0.389 e. The fraction of sp³-hybridized carbons (Fsp3) is 0.750. The van der Waals surface area contributed by atoms with Gasteiger partial charge in [-0.3, -0.25) is 0 Å². The molecule has 0 unspecified atom stereocenters. The molecular weight excluding hydrogens is 222 g/mol. The summed E-state index contributed by atoms with van der Waals surface area (Å²) in [5.41, 5.74) is 5.53. The van der Waals surface area contributed by atoms with Crippen molar-refractivity contribution in [2.24, 2.45) is 11.7 Å². The van der Waals surface area contributed by atoms with Gasteiger partial charge in [0.15, 0.2) is 0 Å². The zero-order chi connectivity index (χ0) is 9.26. The molecule has 0 bridgehead atoms. The lowest BCUT2D eigenvalue weighted by Crippen LogP contribution is -2.28. The quantitative estimate of drug-likeness (QED) is 0.817. The lowest BCUT2D eigenvalue weighted by molar-refractivity contribution is 0.270. The smallest absolute Gasteiger partial charge is 0.143 e. The molecule has 4 nitrogen and oxygen atoms in total. The number of aliphatic hydroxyl groups excluding tert-OH is 1. The van der Waals surface area contributed by atoms with Crippen LogP contribution in [0.15, 0.2) is 0 Å². The van der Waals surface area contributed by atoms with Crippen LogP contribution in [0, 0.1) is 5.92 Å². The predicted molar refractivity (Wildman–Crippen MR) is 57.6 cm³/mol. The van der Waals surface area contributed by atoms with Crippen molar-refractivity contribution in [2.45, 2.75) is 25.4 Å². The number of hydrogen-bond donors (Lipinski definition) is 2. The summed E-state index contributed by atoms with van der Waals surface area (Å²) in [6.07, 6.45) is 2.27. The molecule has 0 radical (unpaired) electrons. The normalized spacial score (nSPS) is 25.3. The molecule has 1 aliphatic carbocycles. The highest BCUT2D eigenvalue weighted by molar-refractivity contribution is 7.11. The van der Waals surface area contributed by atoms with Crippen molar-refractivity contribution >= 4 is 23.7 Å². The monoisotopic (exact) mass is 235 g/mol. The Morgan fingerprint density at radius 2 is 2.14 bits per heavy atom. The van der Waals surface area contributed by atoms with E-state index in [0.29, 0.717) is 16.8 Å². The molecule has 0 amide bonds. The Balaban J connectivity index is 0.000000980. The fourth-order valence-electron chi connectivity index (χ4n) is 1.63. The van der Waals surface area contributed by atoms with Crippen molar-refractivity contribution in [2.75, 3.05) is 6.54 Å². The highest BCUT2D eigenvalue weighted by Crippen LogP contribution is 2.41. The summed E-state index contributed by atoms with van der Waals surface area (Å²) < 4.78 is 0. The van der Waals surface area contributed by atoms with Crippen molar-refractivity contribution in [1.82, 2.24) is 10.2 Å². The van der Waals surface area contributed by atoms with Crippen molar-refractivity contribution < 1.29 is 5.11 Å². The lowest BCUT2D eigenvalue weighted by atomic mass is 9.75. The van der Waals surface area contributed by atoms with Gasteiger partial charge in [0.2, 0.25) is 0 Å². The highest BCUT2D eigenvalue weighted by atomic mass is 35.5. The van der Waals surface area contributed by atoms with E-state index in [1.165, 1.54) is 11.3 Å². The molecule has 80 valence electrons. The maximum Gasteiger partial charge on any atom is 0.143 e. The van der Waals surface area contributed by atoms with Gasteiger partial charge in [-0.05, 0) is 25.3 Å². The Kier molecular flexibility index (Phi) is 4.25. The molecule has 1 aromatic rings. The van der Waals surface area contributed by atoms with E-state index in [1.54, 1.807) is 0 Å². The predicted octanol–water partition coefficient (Wildman–Crippen LogP) is 0.905. The van der Waals surface area contributed by atoms with Crippen LogP contribution in [-0.2, 0) is 6.61 Å². The Labute approximate surface area is 93.0 Å². The number of nitrogens with zero attached hydrogens (tertiary/aromatic N) is 2. The van der Waals surface area contributed by atoms with Gasteiger partial charge in [-0.25, -0.2) is 0 Å². The van der Waals surface area contributed by atoms with Crippen LogP contribution in [0.1, 0.15) is 28.8 Å². The molecule has 0 aromatic carbocycles. The van der Waals surface area contributed by atoms with Gasteiger partial charge >= 0.3 is 0 Å². The molecule has 1 fully saturated rings. The molecule has 14 heavy (non-hydrogen) atoms.